The number of fused-ring (bicyclic) bond motifs is 1. The van der Waals surface area contributed by atoms with Gasteiger partial charge in [-0.15, -0.1) is 10.2 Å². The van der Waals surface area contributed by atoms with Crippen LogP contribution in [0.2, 0.25) is 0 Å². The van der Waals surface area contributed by atoms with Crippen molar-refractivity contribution in [2.24, 2.45) is 0 Å². The number of H-pyrrole nitrogens is 1. The molecule has 0 aliphatic heterocycles. The van der Waals surface area contributed by atoms with E-state index in [1.54, 1.807) is 18.2 Å². The van der Waals surface area contributed by atoms with Crippen LogP contribution in [0.1, 0.15) is 16.1 Å². The number of para-hydroxylation sites is 1. The molecule has 0 aliphatic rings. The lowest BCUT2D eigenvalue weighted by molar-refractivity contribution is 0.918. The van der Waals surface area contributed by atoms with Crippen LogP contribution in [-0.2, 0) is 0 Å². The standard InChI is InChI=1S/C11H9N5OS2/c12-11-16-15-10(19-11)7(18)8-13-6-4-2-1-3-5(6)9(17)14-8/h1-4,7,18H,(H2,12,16)(H,13,14,17). The molecule has 8 heteroatoms. The van der Waals surface area contributed by atoms with Gasteiger partial charge in [0.05, 0.1) is 10.9 Å². The Morgan fingerprint density at radius 2 is 2.11 bits per heavy atom. The van der Waals surface area contributed by atoms with Crippen LogP contribution < -0.4 is 11.3 Å². The fourth-order valence-corrected chi connectivity index (χ4v) is 2.64. The first-order valence-electron chi connectivity index (χ1n) is 5.41. The van der Waals surface area contributed by atoms with Gasteiger partial charge in [0.25, 0.3) is 5.56 Å². The number of thiol groups is 1. The summed E-state index contributed by atoms with van der Waals surface area (Å²) < 4.78 is 0. The maximum Gasteiger partial charge on any atom is 0.258 e. The van der Waals surface area contributed by atoms with E-state index in [2.05, 4.69) is 32.8 Å². The molecule has 0 fully saturated rings. The quantitative estimate of drug-likeness (QED) is 0.620. The van der Waals surface area contributed by atoms with Crippen molar-refractivity contribution in [3.63, 3.8) is 0 Å². The number of nitrogens with two attached hydrogens (primary N) is 1. The van der Waals surface area contributed by atoms with Crippen LogP contribution in [0.15, 0.2) is 29.1 Å². The molecule has 0 saturated heterocycles. The second kappa shape index (κ2) is 4.63. The van der Waals surface area contributed by atoms with E-state index < -0.39 is 5.25 Å². The molecule has 2 heterocycles. The molecule has 0 bridgehead atoms. The predicted octanol–water partition coefficient (Wildman–Crippen LogP) is 1.38. The van der Waals surface area contributed by atoms with Gasteiger partial charge in [0.2, 0.25) is 5.13 Å². The lowest BCUT2D eigenvalue weighted by atomic mass is 10.2. The minimum atomic E-state index is -0.452. The number of benzene rings is 1. The number of hydrogen-bond donors (Lipinski definition) is 3. The van der Waals surface area contributed by atoms with Crippen molar-refractivity contribution in [2.75, 3.05) is 5.73 Å². The van der Waals surface area contributed by atoms with Crippen molar-refractivity contribution >= 4 is 40.0 Å². The van der Waals surface area contributed by atoms with Crippen LogP contribution in [0, 0.1) is 0 Å². The van der Waals surface area contributed by atoms with Crippen molar-refractivity contribution in [3.05, 3.63) is 45.5 Å². The molecule has 3 rings (SSSR count). The largest absolute Gasteiger partial charge is 0.374 e. The topological polar surface area (TPSA) is 97.5 Å². The number of aromatic amines is 1. The highest BCUT2D eigenvalue weighted by molar-refractivity contribution is 7.80. The summed E-state index contributed by atoms with van der Waals surface area (Å²) in [4.78, 5) is 19.1. The lowest BCUT2D eigenvalue weighted by Crippen LogP contribution is -2.13. The van der Waals surface area contributed by atoms with Gasteiger partial charge in [0.1, 0.15) is 16.1 Å². The molecule has 1 atom stereocenters. The number of nitrogens with zero attached hydrogens (tertiary/aromatic N) is 3. The van der Waals surface area contributed by atoms with Gasteiger partial charge in [-0.05, 0) is 12.1 Å². The first-order chi connectivity index (χ1) is 9.15. The van der Waals surface area contributed by atoms with Gasteiger partial charge in [-0.3, -0.25) is 4.79 Å². The lowest BCUT2D eigenvalue weighted by Gasteiger charge is -2.07. The predicted molar refractivity (Wildman–Crippen MR) is 77.5 cm³/mol. The second-order valence-corrected chi connectivity index (χ2v) is 5.41. The molecule has 96 valence electrons. The van der Waals surface area contributed by atoms with E-state index in [-0.39, 0.29) is 5.56 Å². The monoisotopic (exact) mass is 291 g/mol. The minimum absolute atomic E-state index is 0.197. The average Bonchev–Trinajstić information content (AvgIpc) is 2.84. The van der Waals surface area contributed by atoms with Crippen LogP contribution in [0.25, 0.3) is 10.9 Å². The summed E-state index contributed by atoms with van der Waals surface area (Å²) in [7, 11) is 0. The summed E-state index contributed by atoms with van der Waals surface area (Å²) in [5, 5.41) is 8.68. The first kappa shape index (κ1) is 12.1. The highest BCUT2D eigenvalue weighted by atomic mass is 32.1. The van der Waals surface area contributed by atoms with Gasteiger partial charge in [0, 0.05) is 0 Å². The van der Waals surface area contributed by atoms with Crippen molar-refractivity contribution in [2.45, 2.75) is 5.25 Å². The van der Waals surface area contributed by atoms with Crippen LogP contribution in [-0.4, -0.2) is 20.2 Å². The van der Waals surface area contributed by atoms with Crippen LogP contribution in [0.4, 0.5) is 5.13 Å². The zero-order valence-corrected chi connectivity index (χ0v) is 11.3. The van der Waals surface area contributed by atoms with Crippen molar-refractivity contribution in [3.8, 4) is 0 Å². The molecule has 0 amide bonds. The third-order valence-electron chi connectivity index (χ3n) is 2.58. The molecule has 3 N–H and O–H groups in total. The Morgan fingerprint density at radius 1 is 1.32 bits per heavy atom. The average molecular weight is 291 g/mol. The number of hydrogen-bond acceptors (Lipinski definition) is 7. The number of nitrogens with one attached hydrogen (secondary N) is 1. The summed E-state index contributed by atoms with van der Waals surface area (Å²) in [6.45, 7) is 0. The van der Waals surface area contributed by atoms with Crippen molar-refractivity contribution < 1.29 is 0 Å². The van der Waals surface area contributed by atoms with E-state index in [0.717, 1.165) is 0 Å². The van der Waals surface area contributed by atoms with Crippen LogP contribution in [0.5, 0.6) is 0 Å². The summed E-state index contributed by atoms with van der Waals surface area (Å²) in [5.41, 5.74) is 5.96. The molecule has 19 heavy (non-hydrogen) atoms. The molecule has 6 nitrogen and oxygen atoms in total. The van der Waals surface area contributed by atoms with Gasteiger partial charge in [-0.1, -0.05) is 23.5 Å². The van der Waals surface area contributed by atoms with E-state index >= 15 is 0 Å². The number of aromatic nitrogens is 4. The molecular formula is C11H9N5OS2. The van der Waals surface area contributed by atoms with Gasteiger partial charge in [0.15, 0.2) is 0 Å². The number of rotatable bonds is 2. The molecule has 1 unspecified atom stereocenters. The van der Waals surface area contributed by atoms with Crippen LogP contribution >= 0.6 is 24.0 Å². The zero-order chi connectivity index (χ0) is 13.4. The van der Waals surface area contributed by atoms with Crippen LogP contribution in [0.3, 0.4) is 0 Å². The molecule has 0 saturated carbocycles. The SMILES string of the molecule is Nc1nnc(C(S)c2nc3ccccc3c(=O)[nH]2)s1. The Labute approximate surface area is 117 Å². The maximum absolute atomic E-state index is 12.0. The highest BCUT2D eigenvalue weighted by Crippen LogP contribution is 2.28. The molecule has 3 aromatic rings. The fourth-order valence-electron chi connectivity index (χ4n) is 1.71. The van der Waals surface area contributed by atoms with Gasteiger partial charge in [-0.25, -0.2) is 4.98 Å². The Morgan fingerprint density at radius 3 is 2.84 bits per heavy atom. The van der Waals surface area contributed by atoms with Gasteiger partial charge < -0.3 is 10.7 Å². The summed E-state index contributed by atoms with van der Waals surface area (Å²) in [6.07, 6.45) is 0. The fraction of sp³-hybridized carbons (Fsp3) is 0.0909. The Hall–Kier alpha value is -1.93. The van der Waals surface area contributed by atoms with Crippen molar-refractivity contribution in [1.82, 2.24) is 20.2 Å². The normalized spacial score (nSPS) is 12.7. The molecule has 1 aromatic carbocycles. The first-order valence-corrected chi connectivity index (χ1v) is 6.74. The third-order valence-corrected chi connectivity index (χ3v) is 4.06. The molecule has 0 radical (unpaired) electrons. The molecule has 0 spiro atoms. The number of nitrogen functional groups attached to an aromatic ring is 1. The Balaban J connectivity index is 2.13. The van der Waals surface area contributed by atoms with E-state index in [1.807, 2.05) is 6.07 Å². The zero-order valence-electron chi connectivity index (χ0n) is 9.57. The molecule has 0 aliphatic carbocycles. The Bertz CT molecular complexity index is 797. The van der Waals surface area contributed by atoms with E-state index in [0.29, 0.717) is 26.9 Å². The Kier molecular flexibility index (Phi) is 2.96. The summed E-state index contributed by atoms with van der Waals surface area (Å²) >= 11 is 5.63. The number of anilines is 1. The molecule has 2 aromatic heterocycles. The van der Waals surface area contributed by atoms with E-state index in [4.69, 9.17) is 5.73 Å². The smallest absolute Gasteiger partial charge is 0.258 e. The van der Waals surface area contributed by atoms with Crippen molar-refractivity contribution in [1.29, 1.82) is 0 Å². The van der Waals surface area contributed by atoms with Gasteiger partial charge in [-0.2, -0.15) is 12.6 Å². The minimum Gasteiger partial charge on any atom is -0.374 e. The molecular weight excluding hydrogens is 282 g/mol. The third kappa shape index (κ3) is 2.20. The second-order valence-electron chi connectivity index (χ2n) is 3.85. The summed E-state index contributed by atoms with van der Waals surface area (Å²) in [6, 6.07) is 7.13. The van der Waals surface area contributed by atoms with Gasteiger partial charge >= 0.3 is 0 Å². The van der Waals surface area contributed by atoms with E-state index in [9.17, 15) is 4.79 Å². The maximum atomic E-state index is 12.0. The summed E-state index contributed by atoms with van der Waals surface area (Å²) in [5.74, 6) is 0.434. The van der Waals surface area contributed by atoms with E-state index in [1.165, 1.54) is 11.3 Å². The highest BCUT2D eigenvalue weighted by Gasteiger charge is 2.17.